The summed E-state index contributed by atoms with van der Waals surface area (Å²) in [7, 11) is 0. The Kier molecular flexibility index (Phi) is 4.40. The molecule has 3 heterocycles. The van der Waals surface area contributed by atoms with Gasteiger partial charge in [0.25, 0.3) is 0 Å². The Morgan fingerprint density at radius 1 is 1.10 bits per heavy atom. The maximum Gasteiger partial charge on any atom is 0.427 e. The fourth-order valence-corrected chi connectivity index (χ4v) is 4.06. The highest BCUT2D eigenvalue weighted by Gasteiger charge is 2.34. The van der Waals surface area contributed by atoms with Crippen LogP contribution in [-0.4, -0.2) is 42.1 Å². The molecule has 118 valence electrons. The van der Waals surface area contributed by atoms with E-state index in [2.05, 4.69) is 14.8 Å². The van der Waals surface area contributed by atoms with Crippen LogP contribution in [0.2, 0.25) is 0 Å². The standard InChI is InChI=1S/C14H20F3N3S/c15-14(16,17)12-9-18-13(21-12)20-8-2-1-5-11(10-20)19-6-3-4-7-19/h9,11H,1-8,10H2. The van der Waals surface area contributed by atoms with Gasteiger partial charge in [-0.1, -0.05) is 17.8 Å². The normalized spacial score (nSPS) is 25.3. The predicted octanol–water partition coefficient (Wildman–Crippen LogP) is 3.62. The van der Waals surface area contributed by atoms with Gasteiger partial charge in [-0.25, -0.2) is 4.98 Å². The lowest BCUT2D eigenvalue weighted by Gasteiger charge is -2.30. The van der Waals surface area contributed by atoms with Crippen LogP contribution in [0.1, 0.15) is 37.0 Å². The van der Waals surface area contributed by atoms with Crippen LogP contribution in [0, 0.1) is 0 Å². The molecule has 0 amide bonds. The van der Waals surface area contributed by atoms with Crippen LogP contribution in [-0.2, 0) is 6.18 Å². The number of alkyl halides is 3. The Labute approximate surface area is 126 Å². The van der Waals surface area contributed by atoms with Gasteiger partial charge in [0.15, 0.2) is 5.13 Å². The first-order valence-corrected chi connectivity index (χ1v) is 8.38. The van der Waals surface area contributed by atoms with Gasteiger partial charge in [-0.2, -0.15) is 13.2 Å². The maximum absolute atomic E-state index is 12.7. The molecule has 7 heteroatoms. The zero-order valence-corrected chi connectivity index (χ0v) is 12.7. The molecule has 0 spiro atoms. The van der Waals surface area contributed by atoms with E-state index < -0.39 is 11.1 Å². The third kappa shape index (κ3) is 3.51. The van der Waals surface area contributed by atoms with E-state index in [0.29, 0.717) is 11.2 Å². The molecular weight excluding hydrogens is 299 g/mol. The zero-order chi connectivity index (χ0) is 14.9. The van der Waals surface area contributed by atoms with Crippen molar-refractivity contribution in [1.29, 1.82) is 0 Å². The van der Waals surface area contributed by atoms with E-state index in [4.69, 9.17) is 0 Å². The smallest absolute Gasteiger partial charge is 0.347 e. The molecule has 0 aromatic carbocycles. The molecule has 1 atom stereocenters. The van der Waals surface area contributed by atoms with E-state index in [-0.39, 0.29) is 0 Å². The van der Waals surface area contributed by atoms with Crippen molar-refractivity contribution >= 4 is 16.5 Å². The van der Waals surface area contributed by atoms with Crippen LogP contribution >= 0.6 is 11.3 Å². The van der Waals surface area contributed by atoms with Gasteiger partial charge in [0, 0.05) is 19.1 Å². The van der Waals surface area contributed by atoms with Crippen molar-refractivity contribution in [3.63, 3.8) is 0 Å². The summed E-state index contributed by atoms with van der Waals surface area (Å²) >= 11 is 0.771. The second-order valence-electron chi connectivity index (χ2n) is 5.84. The van der Waals surface area contributed by atoms with Crippen molar-refractivity contribution in [2.75, 3.05) is 31.1 Å². The highest BCUT2D eigenvalue weighted by Crippen LogP contribution is 2.37. The Morgan fingerprint density at radius 2 is 1.81 bits per heavy atom. The molecule has 0 aliphatic carbocycles. The van der Waals surface area contributed by atoms with Crippen molar-refractivity contribution in [2.24, 2.45) is 0 Å². The second-order valence-corrected chi connectivity index (χ2v) is 6.85. The third-order valence-corrected chi connectivity index (χ3v) is 5.45. The molecule has 1 unspecified atom stereocenters. The lowest BCUT2D eigenvalue weighted by Crippen LogP contribution is -2.41. The van der Waals surface area contributed by atoms with Gasteiger partial charge in [0.05, 0.1) is 6.20 Å². The molecule has 3 rings (SSSR count). The topological polar surface area (TPSA) is 19.4 Å². The van der Waals surface area contributed by atoms with E-state index in [1.54, 1.807) is 0 Å². The van der Waals surface area contributed by atoms with E-state index in [1.165, 1.54) is 12.8 Å². The first kappa shape index (κ1) is 15.1. The van der Waals surface area contributed by atoms with Gasteiger partial charge in [-0.05, 0) is 38.8 Å². The zero-order valence-electron chi connectivity index (χ0n) is 11.9. The van der Waals surface area contributed by atoms with Crippen LogP contribution in [0.4, 0.5) is 18.3 Å². The minimum Gasteiger partial charge on any atom is -0.347 e. The molecule has 2 aliphatic heterocycles. The van der Waals surface area contributed by atoms with Gasteiger partial charge < -0.3 is 4.90 Å². The molecule has 1 aromatic rings. The van der Waals surface area contributed by atoms with E-state index in [1.807, 2.05) is 0 Å². The number of anilines is 1. The molecule has 0 N–H and O–H groups in total. The van der Waals surface area contributed by atoms with E-state index in [9.17, 15) is 13.2 Å². The van der Waals surface area contributed by atoms with E-state index in [0.717, 1.165) is 63.0 Å². The van der Waals surface area contributed by atoms with Crippen molar-refractivity contribution in [3.8, 4) is 0 Å². The van der Waals surface area contributed by atoms with Crippen LogP contribution in [0.3, 0.4) is 0 Å². The summed E-state index contributed by atoms with van der Waals surface area (Å²) in [6, 6.07) is 0.466. The monoisotopic (exact) mass is 319 g/mol. The van der Waals surface area contributed by atoms with Crippen molar-refractivity contribution in [1.82, 2.24) is 9.88 Å². The molecule has 3 nitrogen and oxygen atoms in total. The Bertz CT molecular complexity index is 468. The fourth-order valence-electron chi connectivity index (χ4n) is 3.24. The summed E-state index contributed by atoms with van der Waals surface area (Å²) in [5.74, 6) is 0. The van der Waals surface area contributed by atoms with Gasteiger partial charge in [0.2, 0.25) is 0 Å². The first-order valence-electron chi connectivity index (χ1n) is 7.56. The average Bonchev–Trinajstić information content (AvgIpc) is 3.06. The van der Waals surface area contributed by atoms with Gasteiger partial charge in [-0.3, -0.25) is 4.90 Å². The van der Waals surface area contributed by atoms with Crippen LogP contribution < -0.4 is 4.90 Å². The van der Waals surface area contributed by atoms with Crippen LogP contribution in [0.15, 0.2) is 6.20 Å². The molecule has 2 fully saturated rings. The Morgan fingerprint density at radius 3 is 2.48 bits per heavy atom. The largest absolute Gasteiger partial charge is 0.427 e. The molecule has 21 heavy (non-hydrogen) atoms. The van der Waals surface area contributed by atoms with Crippen molar-refractivity contribution in [3.05, 3.63) is 11.1 Å². The Hall–Kier alpha value is -0.820. The van der Waals surface area contributed by atoms with Crippen LogP contribution in [0.5, 0.6) is 0 Å². The highest BCUT2D eigenvalue weighted by molar-refractivity contribution is 7.15. The molecule has 0 bridgehead atoms. The predicted molar refractivity (Wildman–Crippen MR) is 77.8 cm³/mol. The summed E-state index contributed by atoms with van der Waals surface area (Å²) in [6.07, 6.45) is 2.50. The summed E-state index contributed by atoms with van der Waals surface area (Å²) in [5, 5.41) is 0.522. The second kappa shape index (κ2) is 6.12. The summed E-state index contributed by atoms with van der Waals surface area (Å²) in [5.41, 5.74) is 0. The number of halogens is 3. The summed E-state index contributed by atoms with van der Waals surface area (Å²) in [6.45, 7) is 3.88. The van der Waals surface area contributed by atoms with Crippen molar-refractivity contribution in [2.45, 2.75) is 44.3 Å². The SMILES string of the molecule is FC(F)(F)c1cnc(N2CCCCC(N3CCCC3)C2)s1. The molecular formula is C14H20F3N3S. The lowest BCUT2D eigenvalue weighted by molar-refractivity contribution is -0.134. The Balaban J connectivity index is 1.72. The molecule has 2 saturated heterocycles. The minimum atomic E-state index is -4.28. The first-order chi connectivity index (χ1) is 10.0. The summed E-state index contributed by atoms with van der Waals surface area (Å²) < 4.78 is 38.1. The third-order valence-electron chi connectivity index (χ3n) is 4.35. The number of hydrogen-bond donors (Lipinski definition) is 0. The molecule has 0 saturated carbocycles. The molecule has 0 radical (unpaired) electrons. The van der Waals surface area contributed by atoms with Crippen molar-refractivity contribution < 1.29 is 13.2 Å². The number of likely N-dealkylation sites (tertiary alicyclic amines) is 1. The quantitative estimate of drug-likeness (QED) is 0.830. The number of thiazole rings is 1. The number of rotatable bonds is 2. The fraction of sp³-hybridized carbons (Fsp3) is 0.786. The number of nitrogens with zero attached hydrogens (tertiary/aromatic N) is 3. The minimum absolute atomic E-state index is 0.466. The van der Waals surface area contributed by atoms with Crippen LogP contribution in [0.25, 0.3) is 0 Å². The highest BCUT2D eigenvalue weighted by atomic mass is 32.1. The van der Waals surface area contributed by atoms with Gasteiger partial charge >= 0.3 is 6.18 Å². The van der Waals surface area contributed by atoms with Gasteiger partial charge in [-0.15, -0.1) is 0 Å². The average molecular weight is 319 g/mol. The van der Waals surface area contributed by atoms with Gasteiger partial charge in [0.1, 0.15) is 4.88 Å². The maximum atomic E-state index is 12.7. The summed E-state index contributed by atoms with van der Waals surface area (Å²) in [4.78, 5) is 7.97. The number of aromatic nitrogens is 1. The molecule has 2 aliphatic rings. The lowest BCUT2D eigenvalue weighted by atomic mass is 10.1. The van der Waals surface area contributed by atoms with E-state index >= 15 is 0 Å². The number of hydrogen-bond acceptors (Lipinski definition) is 4. The molecule has 1 aromatic heterocycles.